The molecule has 3 heterocycles. The summed E-state index contributed by atoms with van der Waals surface area (Å²) in [5.41, 5.74) is 4.04. The number of carbonyl (C=O) groups excluding carboxylic acids is 1. The number of fused-ring (bicyclic) bond motifs is 4. The lowest BCUT2D eigenvalue weighted by atomic mass is 10.2. The van der Waals surface area contributed by atoms with Crippen LogP contribution in [0, 0.1) is 6.92 Å². The van der Waals surface area contributed by atoms with Gasteiger partial charge in [-0.25, -0.2) is 14.5 Å². The molecule has 3 aromatic heterocycles. The quantitative estimate of drug-likeness (QED) is 0.218. The number of hydrogen-bond donors (Lipinski definition) is 2. The van der Waals surface area contributed by atoms with Crippen LogP contribution < -0.4 is 15.6 Å². The zero-order valence-electron chi connectivity index (χ0n) is 19.9. The minimum atomic E-state index is -0.268. The number of nitrogens with one attached hydrogen (secondary N) is 2. The second-order valence-electron chi connectivity index (χ2n) is 8.43. The molecule has 10 heteroatoms. The average Bonchev–Trinajstić information content (AvgIpc) is 3.48. The first-order chi connectivity index (χ1) is 18.0. The number of rotatable bonds is 6. The number of aryl methyl sites for hydroxylation is 1. The van der Waals surface area contributed by atoms with Gasteiger partial charge in [0.05, 0.1) is 28.8 Å². The highest BCUT2D eigenvalue weighted by Crippen LogP contribution is 2.30. The predicted molar refractivity (Wildman–Crippen MR) is 149 cm³/mol. The molecule has 0 fully saturated rings. The van der Waals surface area contributed by atoms with E-state index in [0.717, 1.165) is 26.7 Å². The maximum Gasteiger partial charge on any atom is 0.283 e. The molecule has 0 unspecified atom stereocenters. The number of ether oxygens (including phenoxy) is 1. The Morgan fingerprint density at radius 3 is 2.78 bits per heavy atom. The van der Waals surface area contributed by atoms with Crippen molar-refractivity contribution in [2.75, 3.05) is 18.2 Å². The lowest BCUT2D eigenvalue weighted by molar-refractivity contribution is -0.113. The highest BCUT2D eigenvalue weighted by Gasteiger charge is 2.20. The summed E-state index contributed by atoms with van der Waals surface area (Å²) >= 11 is 2.62. The van der Waals surface area contributed by atoms with Crippen LogP contribution in [0.3, 0.4) is 0 Å². The van der Waals surface area contributed by atoms with Crippen molar-refractivity contribution in [3.05, 3.63) is 82.6 Å². The summed E-state index contributed by atoms with van der Waals surface area (Å²) in [4.78, 5) is 39.2. The Morgan fingerprint density at radius 1 is 1.11 bits per heavy atom. The van der Waals surface area contributed by atoms with Crippen LogP contribution in [0.2, 0.25) is 0 Å². The van der Waals surface area contributed by atoms with E-state index in [1.807, 2.05) is 61.5 Å². The second-order valence-corrected chi connectivity index (χ2v) is 10.4. The molecule has 0 spiro atoms. The Bertz CT molecular complexity index is 1870. The third kappa shape index (κ3) is 4.24. The second kappa shape index (κ2) is 9.38. The molecule has 0 saturated heterocycles. The van der Waals surface area contributed by atoms with E-state index in [1.54, 1.807) is 19.2 Å². The summed E-state index contributed by atoms with van der Waals surface area (Å²) in [7, 11) is 1.55. The van der Waals surface area contributed by atoms with Crippen LogP contribution in [0.4, 0.5) is 5.13 Å². The summed E-state index contributed by atoms with van der Waals surface area (Å²) in [6, 6.07) is 20.9. The summed E-state index contributed by atoms with van der Waals surface area (Å²) in [5, 5.41) is 4.65. The maximum atomic E-state index is 13.8. The number of hydrogen-bond acceptors (Lipinski definition) is 7. The monoisotopic (exact) mass is 527 g/mol. The Morgan fingerprint density at radius 2 is 1.92 bits per heavy atom. The van der Waals surface area contributed by atoms with Crippen LogP contribution in [-0.2, 0) is 4.79 Å². The minimum Gasteiger partial charge on any atom is -0.495 e. The number of carbonyl (C=O) groups is 1. The van der Waals surface area contributed by atoms with Gasteiger partial charge in [0.25, 0.3) is 5.56 Å². The highest BCUT2D eigenvalue weighted by atomic mass is 32.2. The first kappa shape index (κ1) is 23.3. The van der Waals surface area contributed by atoms with Crippen molar-refractivity contribution in [3.8, 4) is 11.4 Å². The van der Waals surface area contributed by atoms with Gasteiger partial charge in [-0.05, 0) is 42.8 Å². The van der Waals surface area contributed by atoms with Gasteiger partial charge in [-0.2, -0.15) is 0 Å². The van der Waals surface area contributed by atoms with E-state index in [4.69, 9.17) is 9.72 Å². The van der Waals surface area contributed by atoms with Crippen LogP contribution in [0.15, 0.2) is 76.7 Å². The maximum absolute atomic E-state index is 13.8. The fourth-order valence-electron chi connectivity index (χ4n) is 4.24. The molecule has 37 heavy (non-hydrogen) atoms. The topological polar surface area (TPSA) is 102 Å². The number of aromatic amines is 1. The van der Waals surface area contributed by atoms with E-state index in [-0.39, 0.29) is 17.2 Å². The van der Waals surface area contributed by atoms with Crippen molar-refractivity contribution in [2.24, 2.45) is 0 Å². The number of H-pyrrole nitrogens is 1. The molecule has 0 radical (unpaired) electrons. The SMILES string of the molecule is COc1ccccc1-n1c(SCC(=O)Nc2nc3ccc(C)cc3s2)nc2c([nH]c3ccccc32)c1=O. The Hall–Kier alpha value is -4.15. The first-order valence-electron chi connectivity index (χ1n) is 11.5. The number of methoxy groups -OCH3 is 1. The molecule has 0 bridgehead atoms. The molecule has 0 aliphatic carbocycles. The molecule has 0 atom stereocenters. The van der Waals surface area contributed by atoms with E-state index in [2.05, 4.69) is 15.3 Å². The lowest BCUT2D eigenvalue weighted by Crippen LogP contribution is -2.23. The highest BCUT2D eigenvalue weighted by molar-refractivity contribution is 7.99. The number of thioether (sulfide) groups is 1. The number of para-hydroxylation sites is 3. The summed E-state index contributed by atoms with van der Waals surface area (Å²) < 4.78 is 8.04. The van der Waals surface area contributed by atoms with Crippen molar-refractivity contribution in [2.45, 2.75) is 12.1 Å². The predicted octanol–water partition coefficient (Wildman–Crippen LogP) is 5.52. The molecule has 3 aromatic carbocycles. The van der Waals surface area contributed by atoms with Crippen molar-refractivity contribution in [3.63, 3.8) is 0 Å². The molecular weight excluding hydrogens is 506 g/mol. The van der Waals surface area contributed by atoms with Gasteiger partial charge in [0.15, 0.2) is 10.3 Å². The smallest absolute Gasteiger partial charge is 0.283 e. The van der Waals surface area contributed by atoms with Crippen molar-refractivity contribution < 1.29 is 9.53 Å². The number of amides is 1. The van der Waals surface area contributed by atoms with Gasteiger partial charge < -0.3 is 15.0 Å². The van der Waals surface area contributed by atoms with Crippen LogP contribution in [0.25, 0.3) is 37.8 Å². The van der Waals surface area contributed by atoms with Crippen LogP contribution in [0.5, 0.6) is 5.75 Å². The van der Waals surface area contributed by atoms with E-state index < -0.39 is 0 Å². The fraction of sp³-hybridized carbons (Fsp3) is 0.111. The van der Waals surface area contributed by atoms with Crippen LogP contribution >= 0.6 is 23.1 Å². The number of thiazole rings is 1. The molecule has 8 nitrogen and oxygen atoms in total. The first-order valence-corrected chi connectivity index (χ1v) is 13.3. The fourth-order valence-corrected chi connectivity index (χ4v) is 6.02. The number of anilines is 1. The molecule has 6 aromatic rings. The molecule has 0 aliphatic heterocycles. The van der Waals surface area contributed by atoms with E-state index >= 15 is 0 Å². The van der Waals surface area contributed by atoms with Crippen molar-refractivity contribution >= 4 is 66.3 Å². The molecule has 0 aliphatic rings. The van der Waals surface area contributed by atoms with E-state index in [1.165, 1.54) is 27.7 Å². The average molecular weight is 528 g/mol. The van der Waals surface area contributed by atoms with Crippen molar-refractivity contribution in [1.29, 1.82) is 0 Å². The molecule has 1 amide bonds. The number of benzene rings is 3. The van der Waals surface area contributed by atoms with Gasteiger partial charge in [-0.3, -0.25) is 9.59 Å². The zero-order valence-corrected chi connectivity index (χ0v) is 21.6. The minimum absolute atomic E-state index is 0.0460. The summed E-state index contributed by atoms with van der Waals surface area (Å²) in [6.07, 6.45) is 0. The molecular formula is C27H21N5O3S2. The number of aromatic nitrogens is 4. The van der Waals surface area contributed by atoms with Gasteiger partial charge in [0.2, 0.25) is 5.91 Å². The van der Waals surface area contributed by atoms with Crippen LogP contribution in [-0.4, -0.2) is 38.3 Å². The van der Waals surface area contributed by atoms with Gasteiger partial charge in [0, 0.05) is 10.9 Å². The molecule has 184 valence electrons. The lowest BCUT2D eigenvalue weighted by Gasteiger charge is -2.14. The van der Waals surface area contributed by atoms with E-state index in [0.29, 0.717) is 32.8 Å². The molecule has 0 saturated carbocycles. The van der Waals surface area contributed by atoms with E-state index in [9.17, 15) is 9.59 Å². The van der Waals surface area contributed by atoms with Gasteiger partial charge in [-0.15, -0.1) is 0 Å². The molecule has 6 rings (SSSR count). The third-order valence-electron chi connectivity index (χ3n) is 5.94. The normalized spacial score (nSPS) is 11.4. The largest absolute Gasteiger partial charge is 0.495 e. The molecule has 2 N–H and O–H groups in total. The summed E-state index contributed by atoms with van der Waals surface area (Å²) in [6.45, 7) is 2.02. The number of nitrogens with zero attached hydrogens (tertiary/aromatic N) is 3. The standard InChI is InChI=1S/C27H21N5O3S2/c1-15-11-12-18-21(13-15)37-26(29-18)30-22(33)14-36-27-31-23-16-7-3-4-8-17(16)28-24(23)25(34)32(27)19-9-5-6-10-20(19)35-2/h3-13,28H,14H2,1-2H3,(H,29,30,33). The van der Waals surface area contributed by atoms with Gasteiger partial charge >= 0.3 is 0 Å². The Balaban J connectivity index is 1.38. The summed E-state index contributed by atoms with van der Waals surface area (Å²) in [5.74, 6) is 0.336. The Kier molecular flexibility index (Phi) is 5.90. The third-order valence-corrected chi connectivity index (χ3v) is 7.82. The van der Waals surface area contributed by atoms with Crippen molar-refractivity contribution in [1.82, 2.24) is 19.5 Å². The van der Waals surface area contributed by atoms with Gasteiger partial charge in [0.1, 0.15) is 16.8 Å². The van der Waals surface area contributed by atoms with Gasteiger partial charge in [-0.1, -0.05) is 59.5 Å². The Labute approximate surface area is 219 Å². The zero-order chi connectivity index (χ0) is 25.5. The van der Waals surface area contributed by atoms with Crippen LogP contribution in [0.1, 0.15) is 5.56 Å².